The molecule has 2 rings (SSSR count). The van der Waals surface area contributed by atoms with Crippen molar-refractivity contribution in [2.24, 2.45) is 0 Å². The lowest BCUT2D eigenvalue weighted by Gasteiger charge is -2.08. The Kier molecular flexibility index (Phi) is 4.56. The lowest BCUT2D eigenvalue weighted by Crippen LogP contribution is -2.21. The number of nitrogen functional groups attached to an aromatic ring is 1. The first-order valence-electron chi connectivity index (χ1n) is 6.44. The largest absolute Gasteiger partial charge is 0.452 e. The quantitative estimate of drug-likeness (QED) is 0.667. The van der Waals surface area contributed by atoms with Crippen molar-refractivity contribution >= 4 is 23.3 Å². The number of carbonyl (C=O) groups excluding carboxylic acids is 2. The molecule has 0 bridgehead atoms. The van der Waals surface area contributed by atoms with Gasteiger partial charge in [0.2, 0.25) is 0 Å². The van der Waals surface area contributed by atoms with Crippen molar-refractivity contribution in [1.29, 1.82) is 0 Å². The first-order valence-corrected chi connectivity index (χ1v) is 6.44. The molecule has 2 aromatic rings. The number of anilines is 2. The Hall–Kier alpha value is -2.82. The van der Waals surface area contributed by atoms with E-state index in [0.29, 0.717) is 22.5 Å². The summed E-state index contributed by atoms with van der Waals surface area (Å²) in [6.45, 7) is 1.43. The molecule has 0 aliphatic heterocycles. The average Bonchev–Trinajstić information content (AvgIpc) is 2.46. The van der Waals surface area contributed by atoms with Crippen LogP contribution in [-0.4, -0.2) is 18.5 Å². The molecule has 21 heavy (non-hydrogen) atoms. The first-order chi connectivity index (χ1) is 10.1. The highest BCUT2D eigenvalue weighted by Crippen LogP contribution is 2.13. The molecule has 0 aliphatic rings. The normalized spacial score (nSPS) is 9.95. The summed E-state index contributed by atoms with van der Waals surface area (Å²) in [5.74, 6) is -0.932. The number of hydrogen-bond acceptors (Lipinski definition) is 4. The lowest BCUT2D eigenvalue weighted by atomic mass is 10.1. The van der Waals surface area contributed by atoms with E-state index in [1.165, 1.54) is 0 Å². The van der Waals surface area contributed by atoms with Gasteiger partial charge in [-0.1, -0.05) is 18.2 Å². The van der Waals surface area contributed by atoms with Gasteiger partial charge in [0, 0.05) is 11.4 Å². The second kappa shape index (κ2) is 6.56. The van der Waals surface area contributed by atoms with Gasteiger partial charge in [0.25, 0.3) is 5.91 Å². The molecule has 1 amide bonds. The van der Waals surface area contributed by atoms with Crippen molar-refractivity contribution in [3.63, 3.8) is 0 Å². The molecule has 5 nitrogen and oxygen atoms in total. The van der Waals surface area contributed by atoms with Crippen LogP contribution in [0.4, 0.5) is 11.4 Å². The molecular formula is C16H16N2O3. The van der Waals surface area contributed by atoms with E-state index >= 15 is 0 Å². The van der Waals surface area contributed by atoms with E-state index < -0.39 is 5.97 Å². The van der Waals surface area contributed by atoms with Gasteiger partial charge in [-0.05, 0) is 42.8 Å². The number of nitrogens with two attached hydrogens (primary N) is 1. The zero-order chi connectivity index (χ0) is 15.2. The summed E-state index contributed by atoms with van der Waals surface area (Å²) >= 11 is 0. The van der Waals surface area contributed by atoms with Gasteiger partial charge in [0.15, 0.2) is 6.61 Å². The van der Waals surface area contributed by atoms with E-state index in [2.05, 4.69) is 5.32 Å². The highest BCUT2D eigenvalue weighted by Gasteiger charge is 2.12. The fourth-order valence-electron chi connectivity index (χ4n) is 1.84. The van der Waals surface area contributed by atoms with Crippen LogP contribution in [0.15, 0.2) is 48.5 Å². The summed E-state index contributed by atoms with van der Waals surface area (Å²) in [5, 5.41) is 2.64. The predicted octanol–water partition coefficient (Wildman–Crippen LogP) is 2.37. The summed E-state index contributed by atoms with van der Waals surface area (Å²) in [6, 6.07) is 13.8. The monoisotopic (exact) mass is 284 g/mol. The SMILES string of the molecule is Cc1cc(N)ccc1C(=O)OCC(=O)Nc1ccccc1. The van der Waals surface area contributed by atoms with E-state index in [4.69, 9.17) is 10.5 Å². The molecule has 0 heterocycles. The van der Waals surface area contributed by atoms with Crippen molar-refractivity contribution in [2.75, 3.05) is 17.7 Å². The standard InChI is InChI=1S/C16H16N2O3/c1-11-9-12(17)7-8-14(11)16(20)21-10-15(19)18-13-5-3-2-4-6-13/h2-9H,10,17H2,1H3,(H,18,19). The molecule has 0 atom stereocenters. The highest BCUT2D eigenvalue weighted by molar-refractivity contribution is 5.96. The molecule has 0 spiro atoms. The smallest absolute Gasteiger partial charge is 0.338 e. The van der Waals surface area contributed by atoms with E-state index in [0.717, 1.165) is 0 Å². The molecule has 5 heteroatoms. The van der Waals surface area contributed by atoms with Crippen LogP contribution < -0.4 is 11.1 Å². The van der Waals surface area contributed by atoms with Crippen LogP contribution in [-0.2, 0) is 9.53 Å². The molecule has 0 unspecified atom stereocenters. The lowest BCUT2D eigenvalue weighted by molar-refractivity contribution is -0.119. The number of ether oxygens (including phenoxy) is 1. The molecule has 0 saturated carbocycles. The number of esters is 1. The fourth-order valence-corrected chi connectivity index (χ4v) is 1.84. The minimum absolute atomic E-state index is 0.336. The number of hydrogen-bond donors (Lipinski definition) is 2. The van der Waals surface area contributed by atoms with Gasteiger partial charge in [0.1, 0.15) is 0 Å². The van der Waals surface area contributed by atoms with Crippen LogP contribution in [0.25, 0.3) is 0 Å². The van der Waals surface area contributed by atoms with E-state index in [1.807, 2.05) is 6.07 Å². The number of amides is 1. The highest BCUT2D eigenvalue weighted by atomic mass is 16.5. The van der Waals surface area contributed by atoms with Crippen molar-refractivity contribution < 1.29 is 14.3 Å². The van der Waals surface area contributed by atoms with Gasteiger partial charge in [-0.2, -0.15) is 0 Å². The Morgan fingerprint density at radius 2 is 1.86 bits per heavy atom. The van der Waals surface area contributed by atoms with Crippen LogP contribution in [0.3, 0.4) is 0 Å². The number of benzene rings is 2. The second-order valence-electron chi connectivity index (χ2n) is 4.56. The van der Waals surface area contributed by atoms with E-state index in [9.17, 15) is 9.59 Å². The van der Waals surface area contributed by atoms with Gasteiger partial charge in [0.05, 0.1) is 5.56 Å². The van der Waals surface area contributed by atoms with Gasteiger partial charge in [-0.15, -0.1) is 0 Å². The Morgan fingerprint density at radius 3 is 2.52 bits per heavy atom. The number of nitrogens with one attached hydrogen (secondary N) is 1. The van der Waals surface area contributed by atoms with Crippen molar-refractivity contribution in [3.05, 3.63) is 59.7 Å². The van der Waals surface area contributed by atoms with Crippen LogP contribution in [0.2, 0.25) is 0 Å². The number of carbonyl (C=O) groups is 2. The zero-order valence-electron chi connectivity index (χ0n) is 11.6. The third-order valence-corrected chi connectivity index (χ3v) is 2.86. The molecule has 0 radical (unpaired) electrons. The third kappa shape index (κ3) is 4.07. The van der Waals surface area contributed by atoms with E-state index in [1.54, 1.807) is 49.4 Å². The molecule has 0 aromatic heterocycles. The van der Waals surface area contributed by atoms with Crippen molar-refractivity contribution in [2.45, 2.75) is 6.92 Å². The summed E-state index contributed by atoms with van der Waals surface area (Å²) in [7, 11) is 0. The summed E-state index contributed by atoms with van der Waals surface area (Å²) in [6.07, 6.45) is 0. The van der Waals surface area contributed by atoms with Crippen LogP contribution in [0, 0.1) is 6.92 Å². The third-order valence-electron chi connectivity index (χ3n) is 2.86. The van der Waals surface area contributed by atoms with Crippen LogP contribution in [0.1, 0.15) is 15.9 Å². The van der Waals surface area contributed by atoms with Gasteiger partial charge in [-0.3, -0.25) is 4.79 Å². The molecule has 3 N–H and O–H groups in total. The van der Waals surface area contributed by atoms with Crippen LogP contribution in [0.5, 0.6) is 0 Å². The molecule has 2 aromatic carbocycles. The van der Waals surface area contributed by atoms with Gasteiger partial charge < -0.3 is 15.8 Å². The van der Waals surface area contributed by atoms with Crippen LogP contribution >= 0.6 is 0 Å². The Labute approximate surface area is 122 Å². The molecule has 0 aliphatic carbocycles. The maximum Gasteiger partial charge on any atom is 0.338 e. The maximum atomic E-state index is 11.9. The fraction of sp³-hybridized carbons (Fsp3) is 0.125. The minimum Gasteiger partial charge on any atom is -0.452 e. The second-order valence-corrected chi connectivity index (χ2v) is 4.56. The van der Waals surface area contributed by atoms with E-state index in [-0.39, 0.29) is 12.5 Å². The first kappa shape index (κ1) is 14.6. The van der Waals surface area contributed by atoms with Gasteiger partial charge >= 0.3 is 5.97 Å². The molecule has 108 valence electrons. The molecule has 0 saturated heterocycles. The zero-order valence-corrected chi connectivity index (χ0v) is 11.6. The summed E-state index contributed by atoms with van der Waals surface area (Å²) < 4.78 is 4.99. The minimum atomic E-state index is -0.546. The number of rotatable bonds is 4. The average molecular weight is 284 g/mol. The Bertz CT molecular complexity index is 654. The Balaban J connectivity index is 1.90. The van der Waals surface area contributed by atoms with Crippen molar-refractivity contribution in [3.8, 4) is 0 Å². The topological polar surface area (TPSA) is 81.4 Å². The maximum absolute atomic E-state index is 11.9. The van der Waals surface area contributed by atoms with Crippen molar-refractivity contribution in [1.82, 2.24) is 0 Å². The van der Waals surface area contributed by atoms with Gasteiger partial charge in [-0.25, -0.2) is 4.79 Å². The molecule has 0 fully saturated rings. The number of aryl methyl sites for hydroxylation is 1. The molecular weight excluding hydrogens is 268 g/mol. The number of para-hydroxylation sites is 1. The summed E-state index contributed by atoms with van der Waals surface area (Å²) in [4.78, 5) is 23.6. The predicted molar refractivity (Wildman–Crippen MR) is 80.9 cm³/mol. The Morgan fingerprint density at radius 1 is 1.14 bits per heavy atom. The summed E-state index contributed by atoms with van der Waals surface area (Å²) in [5.41, 5.74) is 7.96.